The number of hydrogen-bond acceptors (Lipinski definition) is 5. The number of hydrogen-bond donors (Lipinski definition) is 1. The topological polar surface area (TPSA) is 98.5 Å². The second-order valence-corrected chi connectivity index (χ2v) is 5.61. The molecule has 1 aromatic rings. The Balaban J connectivity index is 3.25. The van der Waals surface area contributed by atoms with Crippen molar-refractivity contribution in [1.29, 1.82) is 0 Å². The lowest BCUT2D eigenvalue weighted by atomic mass is 10.3. The minimum atomic E-state index is -3.96. The van der Waals surface area contributed by atoms with Crippen LogP contribution in [0.15, 0.2) is 35.2 Å². The second-order valence-electron chi connectivity index (χ2n) is 3.87. The molecule has 0 fully saturated rings. The summed E-state index contributed by atoms with van der Waals surface area (Å²) >= 11 is 0. The lowest BCUT2D eigenvalue weighted by Crippen LogP contribution is -2.25. The maximum atomic E-state index is 12.0. The number of sulfonamides is 1. The quantitative estimate of drug-likeness (QED) is 0.485. The van der Waals surface area contributed by atoms with Crippen LogP contribution in [0.2, 0.25) is 0 Å². The molecule has 0 aliphatic carbocycles. The number of ether oxygens (including phenoxy) is 1. The van der Waals surface area contributed by atoms with Crippen LogP contribution in [0.25, 0.3) is 0 Å². The van der Waals surface area contributed by atoms with Crippen LogP contribution in [0, 0.1) is 10.1 Å². The highest BCUT2D eigenvalue weighted by atomic mass is 32.2. The molecule has 0 radical (unpaired) electrons. The van der Waals surface area contributed by atoms with Crippen molar-refractivity contribution in [1.82, 2.24) is 4.72 Å². The van der Waals surface area contributed by atoms with Crippen LogP contribution in [0.5, 0.6) is 5.75 Å². The van der Waals surface area contributed by atoms with Crippen LogP contribution >= 0.6 is 0 Å². The summed E-state index contributed by atoms with van der Waals surface area (Å²) < 4.78 is 31.0. The molecule has 8 heteroatoms. The smallest absolute Gasteiger partial charge is 0.293 e. The molecule has 0 aliphatic rings. The van der Waals surface area contributed by atoms with Crippen LogP contribution in [0.4, 0.5) is 5.69 Å². The zero-order valence-corrected chi connectivity index (χ0v) is 11.4. The van der Waals surface area contributed by atoms with E-state index in [9.17, 15) is 18.5 Å². The summed E-state index contributed by atoms with van der Waals surface area (Å²) in [7, 11) is -2.62. The van der Waals surface area contributed by atoms with Crippen LogP contribution in [-0.4, -0.2) is 27.0 Å². The lowest BCUT2D eigenvalue weighted by molar-refractivity contribution is -0.387. The van der Waals surface area contributed by atoms with Gasteiger partial charge >= 0.3 is 0 Å². The summed E-state index contributed by atoms with van der Waals surface area (Å²) in [5.74, 6) is 0.213. The molecule has 0 bridgehead atoms. The van der Waals surface area contributed by atoms with Gasteiger partial charge in [-0.3, -0.25) is 10.1 Å². The molecule has 104 valence electrons. The van der Waals surface area contributed by atoms with E-state index in [0.29, 0.717) is 5.57 Å². The molecule has 1 aromatic carbocycles. The largest absolute Gasteiger partial charge is 0.497 e. The first-order valence-electron chi connectivity index (χ1n) is 5.24. The molecule has 0 heterocycles. The van der Waals surface area contributed by atoms with Crippen molar-refractivity contribution in [2.75, 3.05) is 13.7 Å². The zero-order chi connectivity index (χ0) is 14.6. The van der Waals surface area contributed by atoms with Crippen LogP contribution in [0.3, 0.4) is 0 Å². The molecule has 1 N–H and O–H groups in total. The van der Waals surface area contributed by atoms with Gasteiger partial charge in [-0.25, -0.2) is 13.1 Å². The lowest BCUT2D eigenvalue weighted by Gasteiger charge is -2.08. The van der Waals surface area contributed by atoms with Gasteiger partial charge < -0.3 is 4.74 Å². The highest BCUT2D eigenvalue weighted by molar-refractivity contribution is 7.89. The van der Waals surface area contributed by atoms with Gasteiger partial charge in [-0.15, -0.1) is 0 Å². The summed E-state index contributed by atoms with van der Waals surface area (Å²) in [6, 6.07) is 3.55. The third-order valence-corrected chi connectivity index (χ3v) is 3.66. The first kappa shape index (κ1) is 15.1. The van der Waals surface area contributed by atoms with E-state index in [-0.39, 0.29) is 12.3 Å². The van der Waals surface area contributed by atoms with Gasteiger partial charge in [0.1, 0.15) is 5.75 Å². The molecule has 0 amide bonds. The van der Waals surface area contributed by atoms with E-state index in [4.69, 9.17) is 4.74 Å². The first-order chi connectivity index (χ1) is 8.77. The van der Waals surface area contributed by atoms with E-state index >= 15 is 0 Å². The first-order valence-corrected chi connectivity index (χ1v) is 6.72. The monoisotopic (exact) mass is 286 g/mol. The minimum Gasteiger partial charge on any atom is -0.497 e. The number of nitrogens with one attached hydrogen (secondary N) is 1. The van der Waals surface area contributed by atoms with Crippen molar-refractivity contribution in [2.24, 2.45) is 0 Å². The molecule has 1 rings (SSSR count). The molecule has 0 unspecified atom stereocenters. The number of nitrogens with zero attached hydrogens (tertiary/aromatic N) is 1. The highest BCUT2D eigenvalue weighted by Gasteiger charge is 2.26. The number of nitro benzene ring substituents is 1. The fourth-order valence-electron chi connectivity index (χ4n) is 1.29. The van der Waals surface area contributed by atoms with E-state index in [2.05, 4.69) is 11.3 Å². The maximum Gasteiger partial charge on any atom is 0.293 e. The van der Waals surface area contributed by atoms with E-state index in [1.165, 1.54) is 13.2 Å². The summed E-state index contributed by atoms with van der Waals surface area (Å²) in [5, 5.41) is 10.9. The summed E-state index contributed by atoms with van der Waals surface area (Å²) in [6.45, 7) is 5.22. The Labute approximate surface area is 111 Å². The van der Waals surface area contributed by atoms with Crippen molar-refractivity contribution in [2.45, 2.75) is 11.8 Å². The molecular weight excluding hydrogens is 272 g/mol. The Bertz CT molecular complexity index is 610. The van der Waals surface area contributed by atoms with Crippen molar-refractivity contribution >= 4 is 15.7 Å². The van der Waals surface area contributed by atoms with Gasteiger partial charge in [0.05, 0.1) is 18.1 Å². The summed E-state index contributed by atoms with van der Waals surface area (Å²) in [6.07, 6.45) is 0. The van der Waals surface area contributed by atoms with Gasteiger partial charge in [-0.05, 0) is 19.1 Å². The molecule has 19 heavy (non-hydrogen) atoms. The van der Waals surface area contributed by atoms with Crippen LogP contribution in [-0.2, 0) is 10.0 Å². The van der Waals surface area contributed by atoms with Crippen molar-refractivity contribution in [3.8, 4) is 5.75 Å². The van der Waals surface area contributed by atoms with Gasteiger partial charge in [0, 0.05) is 6.54 Å². The fourth-order valence-corrected chi connectivity index (χ4v) is 2.54. The van der Waals surface area contributed by atoms with E-state index in [1.54, 1.807) is 6.92 Å². The summed E-state index contributed by atoms with van der Waals surface area (Å²) in [4.78, 5) is 9.75. The average molecular weight is 286 g/mol. The van der Waals surface area contributed by atoms with Crippen LogP contribution < -0.4 is 9.46 Å². The van der Waals surface area contributed by atoms with E-state index in [0.717, 1.165) is 12.1 Å². The predicted molar refractivity (Wildman–Crippen MR) is 69.7 cm³/mol. The Morgan fingerprint density at radius 3 is 2.63 bits per heavy atom. The third-order valence-electron chi connectivity index (χ3n) is 2.22. The molecular formula is C11H14N2O5S. The van der Waals surface area contributed by atoms with Crippen molar-refractivity contribution < 1.29 is 18.1 Å². The van der Waals surface area contributed by atoms with Crippen molar-refractivity contribution in [3.63, 3.8) is 0 Å². The molecule has 0 atom stereocenters. The Hall–Kier alpha value is -1.93. The minimum absolute atomic E-state index is 0.0194. The summed E-state index contributed by atoms with van der Waals surface area (Å²) in [5.41, 5.74) is 0.0632. The Morgan fingerprint density at radius 1 is 1.53 bits per heavy atom. The molecule has 0 spiro atoms. The van der Waals surface area contributed by atoms with E-state index in [1.807, 2.05) is 0 Å². The zero-order valence-electron chi connectivity index (χ0n) is 10.5. The molecule has 0 saturated heterocycles. The Morgan fingerprint density at radius 2 is 2.16 bits per heavy atom. The number of nitro groups is 1. The van der Waals surface area contributed by atoms with Gasteiger partial charge in [-0.2, -0.15) is 0 Å². The molecule has 0 aromatic heterocycles. The number of methoxy groups -OCH3 is 1. The van der Waals surface area contributed by atoms with E-state index < -0.39 is 25.5 Å². The van der Waals surface area contributed by atoms with Gasteiger partial charge in [-0.1, -0.05) is 12.2 Å². The maximum absolute atomic E-state index is 12.0. The normalized spacial score (nSPS) is 11.1. The van der Waals surface area contributed by atoms with Gasteiger partial charge in [0.2, 0.25) is 10.0 Å². The SMILES string of the molecule is C=C(C)CNS(=O)(=O)c1ccc(OC)cc1[N+](=O)[O-]. The van der Waals surface area contributed by atoms with Crippen molar-refractivity contribution in [3.05, 3.63) is 40.5 Å². The molecule has 0 saturated carbocycles. The molecule has 0 aliphatic heterocycles. The third kappa shape index (κ3) is 3.76. The standard InChI is InChI=1S/C11H14N2O5S/c1-8(2)7-12-19(16,17)11-5-4-9(18-3)6-10(11)13(14)15/h4-6,12H,1,7H2,2-3H3. The Kier molecular flexibility index (Phi) is 4.62. The number of rotatable bonds is 6. The second kappa shape index (κ2) is 5.81. The van der Waals surface area contributed by atoms with Gasteiger partial charge in [0.25, 0.3) is 5.69 Å². The van der Waals surface area contributed by atoms with Crippen LogP contribution in [0.1, 0.15) is 6.92 Å². The highest BCUT2D eigenvalue weighted by Crippen LogP contribution is 2.28. The molecule has 7 nitrogen and oxygen atoms in total. The average Bonchev–Trinajstić information content (AvgIpc) is 2.35. The fraction of sp³-hybridized carbons (Fsp3) is 0.273. The van der Waals surface area contributed by atoms with Gasteiger partial charge in [0.15, 0.2) is 4.90 Å². The predicted octanol–water partition coefficient (Wildman–Crippen LogP) is 1.46. The number of benzene rings is 1.